The molecule has 100 valence electrons. The molecule has 1 saturated heterocycles. The Morgan fingerprint density at radius 1 is 1.61 bits per heavy atom. The minimum atomic E-state index is -0.774. The number of carboxylic acid groups (broad SMARTS) is 1. The molecule has 1 fully saturated rings. The highest BCUT2D eigenvalue weighted by molar-refractivity contribution is 7.99. The molecule has 0 radical (unpaired) electrons. The van der Waals surface area contributed by atoms with Crippen molar-refractivity contribution >= 4 is 17.7 Å². The summed E-state index contributed by atoms with van der Waals surface area (Å²) in [5.74, 6) is 1.32. The smallest absolute Gasteiger partial charge is 0.303 e. The van der Waals surface area contributed by atoms with Crippen molar-refractivity contribution in [2.24, 2.45) is 5.92 Å². The van der Waals surface area contributed by atoms with E-state index in [1.165, 1.54) is 12.8 Å². The lowest BCUT2D eigenvalue weighted by atomic mass is 10.1. The molecule has 0 amide bonds. The summed E-state index contributed by atoms with van der Waals surface area (Å²) in [5, 5.41) is 21.0. The maximum Gasteiger partial charge on any atom is 0.303 e. The highest BCUT2D eigenvalue weighted by Gasteiger charge is 2.23. The van der Waals surface area contributed by atoms with Crippen molar-refractivity contribution in [3.05, 3.63) is 5.82 Å². The van der Waals surface area contributed by atoms with E-state index in [0.29, 0.717) is 11.8 Å². The van der Waals surface area contributed by atoms with Crippen LogP contribution in [0.25, 0.3) is 0 Å². The monoisotopic (exact) mass is 270 g/mol. The van der Waals surface area contributed by atoms with Crippen molar-refractivity contribution in [1.82, 2.24) is 20.2 Å². The van der Waals surface area contributed by atoms with E-state index < -0.39 is 5.97 Å². The van der Waals surface area contributed by atoms with Crippen molar-refractivity contribution in [3.63, 3.8) is 0 Å². The summed E-state index contributed by atoms with van der Waals surface area (Å²) < 4.78 is 1.77. The Labute approximate surface area is 110 Å². The van der Waals surface area contributed by atoms with Gasteiger partial charge in [-0.2, -0.15) is 11.8 Å². The van der Waals surface area contributed by atoms with Gasteiger partial charge in [0.25, 0.3) is 0 Å². The second-order valence-corrected chi connectivity index (χ2v) is 6.09. The molecule has 7 heteroatoms. The summed E-state index contributed by atoms with van der Waals surface area (Å²) in [4.78, 5) is 10.7. The predicted octanol–water partition coefficient (Wildman–Crippen LogP) is 1.74. The first-order valence-corrected chi connectivity index (χ1v) is 7.31. The third-order valence-corrected chi connectivity index (χ3v) is 4.41. The summed E-state index contributed by atoms with van der Waals surface area (Å²) in [7, 11) is 0. The van der Waals surface area contributed by atoms with Gasteiger partial charge < -0.3 is 5.11 Å². The fourth-order valence-electron chi connectivity index (χ4n) is 2.17. The van der Waals surface area contributed by atoms with Gasteiger partial charge in [0.1, 0.15) is 0 Å². The highest BCUT2D eigenvalue weighted by atomic mass is 32.2. The number of thioether (sulfide) groups is 1. The normalized spacial score (nSPS) is 21.7. The fraction of sp³-hybridized carbons (Fsp3) is 0.818. The highest BCUT2D eigenvalue weighted by Crippen LogP contribution is 2.36. The summed E-state index contributed by atoms with van der Waals surface area (Å²) >= 11 is 1.90. The van der Waals surface area contributed by atoms with Gasteiger partial charge >= 0.3 is 5.97 Å². The van der Waals surface area contributed by atoms with Crippen LogP contribution >= 0.6 is 11.8 Å². The minimum Gasteiger partial charge on any atom is -0.481 e. The van der Waals surface area contributed by atoms with Crippen molar-refractivity contribution in [2.45, 2.75) is 44.4 Å². The SMILES string of the molecule is CC(CC(=O)O)Cn1nnnc1C1CCCCS1. The standard InChI is InChI=1S/C11H18N4O2S/c1-8(6-10(16)17)7-15-11(12-13-14-15)9-4-2-3-5-18-9/h8-9H,2-7H2,1H3,(H,16,17). The van der Waals surface area contributed by atoms with Crippen LogP contribution in [0, 0.1) is 5.92 Å². The van der Waals surface area contributed by atoms with Crippen LogP contribution in [0.5, 0.6) is 0 Å². The lowest BCUT2D eigenvalue weighted by Gasteiger charge is -2.20. The zero-order valence-electron chi connectivity index (χ0n) is 10.4. The Kier molecular flexibility index (Phi) is 4.57. The molecule has 0 bridgehead atoms. The predicted molar refractivity (Wildman–Crippen MR) is 68.3 cm³/mol. The average Bonchev–Trinajstić information content (AvgIpc) is 2.77. The molecule has 1 aromatic rings. The van der Waals surface area contributed by atoms with Gasteiger partial charge in [-0.1, -0.05) is 13.3 Å². The molecule has 0 saturated carbocycles. The first-order valence-electron chi connectivity index (χ1n) is 6.26. The fourth-order valence-corrected chi connectivity index (χ4v) is 3.48. The van der Waals surface area contributed by atoms with Gasteiger partial charge in [0.2, 0.25) is 0 Å². The number of carbonyl (C=O) groups is 1. The third kappa shape index (κ3) is 3.44. The summed E-state index contributed by atoms with van der Waals surface area (Å²) in [6.07, 6.45) is 3.74. The van der Waals surface area contributed by atoms with Crippen LogP contribution < -0.4 is 0 Å². The number of tetrazole rings is 1. The van der Waals surface area contributed by atoms with Gasteiger partial charge in [0, 0.05) is 13.0 Å². The molecule has 2 atom stereocenters. The Morgan fingerprint density at radius 3 is 3.11 bits per heavy atom. The molecule has 1 aromatic heterocycles. The number of aliphatic carboxylic acids is 1. The zero-order chi connectivity index (χ0) is 13.0. The van der Waals surface area contributed by atoms with Crippen LogP contribution in [-0.2, 0) is 11.3 Å². The van der Waals surface area contributed by atoms with Gasteiger partial charge in [-0.25, -0.2) is 4.68 Å². The van der Waals surface area contributed by atoms with Crippen molar-refractivity contribution < 1.29 is 9.90 Å². The summed E-state index contributed by atoms with van der Waals surface area (Å²) in [6.45, 7) is 2.49. The van der Waals surface area contributed by atoms with Gasteiger partial charge in [0.15, 0.2) is 5.82 Å². The van der Waals surface area contributed by atoms with Crippen LogP contribution in [-0.4, -0.2) is 37.0 Å². The lowest BCUT2D eigenvalue weighted by molar-refractivity contribution is -0.138. The maximum absolute atomic E-state index is 10.7. The molecule has 1 aliphatic rings. The van der Waals surface area contributed by atoms with Crippen molar-refractivity contribution in [1.29, 1.82) is 0 Å². The Hall–Kier alpha value is -1.11. The van der Waals surface area contributed by atoms with E-state index in [1.807, 2.05) is 18.7 Å². The molecule has 0 aliphatic carbocycles. The number of hydrogen-bond donors (Lipinski definition) is 1. The lowest BCUT2D eigenvalue weighted by Crippen LogP contribution is -2.17. The molecule has 2 heterocycles. The molecular formula is C11H18N4O2S. The van der Waals surface area contributed by atoms with E-state index >= 15 is 0 Å². The van der Waals surface area contributed by atoms with E-state index in [-0.39, 0.29) is 12.3 Å². The zero-order valence-corrected chi connectivity index (χ0v) is 11.3. The summed E-state index contributed by atoms with van der Waals surface area (Å²) in [6, 6.07) is 0. The third-order valence-electron chi connectivity index (χ3n) is 3.03. The topological polar surface area (TPSA) is 80.9 Å². The molecule has 0 spiro atoms. The number of carboxylic acids is 1. The Morgan fingerprint density at radius 2 is 2.44 bits per heavy atom. The number of aromatic nitrogens is 4. The van der Waals surface area contributed by atoms with Crippen LogP contribution in [0.4, 0.5) is 0 Å². The average molecular weight is 270 g/mol. The molecule has 0 aromatic carbocycles. The largest absolute Gasteiger partial charge is 0.481 e. The van der Waals surface area contributed by atoms with E-state index in [1.54, 1.807) is 4.68 Å². The molecular weight excluding hydrogens is 252 g/mol. The van der Waals surface area contributed by atoms with Crippen molar-refractivity contribution in [3.8, 4) is 0 Å². The van der Waals surface area contributed by atoms with Crippen molar-refractivity contribution in [2.75, 3.05) is 5.75 Å². The number of rotatable bonds is 5. The second kappa shape index (κ2) is 6.17. The van der Waals surface area contributed by atoms with Crippen LogP contribution in [0.1, 0.15) is 43.7 Å². The van der Waals surface area contributed by atoms with Gasteiger partial charge in [-0.3, -0.25) is 4.79 Å². The van der Waals surface area contributed by atoms with Crippen LogP contribution in [0.3, 0.4) is 0 Å². The Balaban J connectivity index is 2.00. The van der Waals surface area contributed by atoms with E-state index in [4.69, 9.17) is 5.11 Å². The van der Waals surface area contributed by atoms with Gasteiger partial charge in [0.05, 0.1) is 5.25 Å². The second-order valence-electron chi connectivity index (χ2n) is 4.78. The number of hydrogen-bond acceptors (Lipinski definition) is 5. The maximum atomic E-state index is 10.7. The number of nitrogens with zero attached hydrogens (tertiary/aromatic N) is 4. The molecule has 18 heavy (non-hydrogen) atoms. The molecule has 2 unspecified atom stereocenters. The quantitative estimate of drug-likeness (QED) is 0.877. The molecule has 1 aliphatic heterocycles. The molecule has 6 nitrogen and oxygen atoms in total. The van der Waals surface area contributed by atoms with Gasteiger partial charge in [-0.15, -0.1) is 5.10 Å². The van der Waals surface area contributed by atoms with E-state index in [9.17, 15) is 4.79 Å². The van der Waals surface area contributed by atoms with Gasteiger partial charge in [-0.05, 0) is 34.9 Å². The first-order chi connectivity index (χ1) is 8.66. The molecule has 2 rings (SSSR count). The Bertz CT molecular complexity index is 404. The first kappa shape index (κ1) is 13.3. The van der Waals surface area contributed by atoms with Crippen LogP contribution in [0.2, 0.25) is 0 Å². The molecule has 1 N–H and O–H groups in total. The van der Waals surface area contributed by atoms with Crippen LogP contribution in [0.15, 0.2) is 0 Å². The van der Waals surface area contributed by atoms with E-state index in [0.717, 1.165) is 18.0 Å². The van der Waals surface area contributed by atoms with E-state index in [2.05, 4.69) is 15.5 Å². The summed E-state index contributed by atoms with van der Waals surface area (Å²) in [5.41, 5.74) is 0. The minimum absolute atomic E-state index is 0.0401.